The summed E-state index contributed by atoms with van der Waals surface area (Å²) in [5.74, 6) is 2.31. The summed E-state index contributed by atoms with van der Waals surface area (Å²) in [6, 6.07) is -0.0743. The van der Waals surface area contributed by atoms with Crippen LogP contribution in [0.15, 0.2) is 0 Å². The molecule has 0 aliphatic rings. The van der Waals surface area contributed by atoms with Gasteiger partial charge in [0.2, 0.25) is 0 Å². The second-order valence-electron chi connectivity index (χ2n) is 5.90. The van der Waals surface area contributed by atoms with Crippen molar-refractivity contribution in [3.63, 3.8) is 0 Å². The molecule has 4 atom stereocenters. The molecule has 0 aromatic heterocycles. The number of hydrogen-bond acceptors (Lipinski definition) is 1. The van der Waals surface area contributed by atoms with E-state index in [0.29, 0.717) is 17.6 Å². The number of quaternary nitrogens is 1. The van der Waals surface area contributed by atoms with Crippen molar-refractivity contribution < 1.29 is 34.5 Å². The fourth-order valence-electron chi connectivity index (χ4n) is 2.06. The zero-order valence-electron chi connectivity index (χ0n) is 12.3. The number of carbonyl (C=O) groups excluding carboxylic acids is 1. The smallest absolute Gasteiger partial charge is 0.192 e. The second kappa shape index (κ2) is 9.31. The van der Waals surface area contributed by atoms with Crippen LogP contribution in [0.25, 0.3) is 0 Å². The van der Waals surface area contributed by atoms with Gasteiger partial charge in [-0.1, -0.05) is 47.5 Å². The Morgan fingerprint density at radius 1 is 1.00 bits per heavy atom. The van der Waals surface area contributed by atoms with E-state index < -0.39 is 0 Å². The first-order valence-electron chi connectivity index (χ1n) is 6.64. The van der Waals surface area contributed by atoms with Crippen LogP contribution in [0.1, 0.15) is 54.4 Å². The maximum atomic E-state index is 11.9. The highest BCUT2D eigenvalue weighted by atomic mass is 127. The van der Waals surface area contributed by atoms with E-state index in [9.17, 15) is 4.79 Å². The third-order valence-electron chi connectivity index (χ3n) is 3.82. The van der Waals surface area contributed by atoms with Crippen molar-refractivity contribution in [1.82, 2.24) is 0 Å². The van der Waals surface area contributed by atoms with Gasteiger partial charge in [-0.2, -0.15) is 0 Å². The standard InChI is InChI=1S/C14H29NO.HI/c1-9(2)7-8-10(3)11(4)12(5)14(16)13(6)15;/h9-13H,7-8,15H2,1-6H3;1H. The van der Waals surface area contributed by atoms with Crippen molar-refractivity contribution in [2.45, 2.75) is 60.4 Å². The Kier molecular flexibility index (Phi) is 10.8. The summed E-state index contributed by atoms with van der Waals surface area (Å²) >= 11 is 0. The number of carbonyl (C=O) groups is 1. The molecule has 104 valence electrons. The van der Waals surface area contributed by atoms with Gasteiger partial charge in [0.25, 0.3) is 0 Å². The number of halogens is 1. The van der Waals surface area contributed by atoms with Crippen LogP contribution in [-0.2, 0) is 4.79 Å². The molecule has 0 bridgehead atoms. The molecule has 0 heterocycles. The first kappa shape index (κ1) is 19.7. The number of hydrogen-bond donors (Lipinski definition) is 1. The lowest BCUT2D eigenvalue weighted by Crippen LogP contribution is -3.00. The van der Waals surface area contributed by atoms with Gasteiger partial charge in [0.15, 0.2) is 5.78 Å². The normalized spacial score (nSPS) is 18.1. The predicted octanol–water partition coefficient (Wildman–Crippen LogP) is -0.466. The highest BCUT2D eigenvalue weighted by Gasteiger charge is 2.27. The molecule has 0 radical (unpaired) electrons. The third kappa shape index (κ3) is 7.39. The van der Waals surface area contributed by atoms with Crippen molar-refractivity contribution in [2.24, 2.45) is 23.7 Å². The largest absolute Gasteiger partial charge is 1.00 e. The Hall–Kier alpha value is 0.360. The molecule has 2 nitrogen and oxygen atoms in total. The predicted molar refractivity (Wildman–Crippen MR) is 68.9 cm³/mol. The number of ketones is 1. The first-order valence-corrected chi connectivity index (χ1v) is 6.64. The van der Waals surface area contributed by atoms with Gasteiger partial charge in [0.05, 0.1) is 0 Å². The molecule has 0 spiro atoms. The Morgan fingerprint density at radius 2 is 1.47 bits per heavy atom. The van der Waals surface area contributed by atoms with Gasteiger partial charge in [-0.05, 0) is 24.7 Å². The summed E-state index contributed by atoms with van der Waals surface area (Å²) in [7, 11) is 0. The molecule has 0 aromatic carbocycles. The van der Waals surface area contributed by atoms with Crippen molar-refractivity contribution in [1.29, 1.82) is 0 Å². The van der Waals surface area contributed by atoms with Gasteiger partial charge < -0.3 is 29.7 Å². The minimum atomic E-state index is -0.0743. The number of rotatable bonds is 7. The molecule has 0 aliphatic carbocycles. The maximum absolute atomic E-state index is 11.9. The van der Waals surface area contributed by atoms with E-state index in [0.717, 1.165) is 5.92 Å². The lowest BCUT2D eigenvalue weighted by molar-refractivity contribution is -0.398. The fourth-order valence-corrected chi connectivity index (χ4v) is 2.06. The molecule has 0 rings (SSSR count). The molecule has 0 amide bonds. The van der Waals surface area contributed by atoms with Crippen LogP contribution >= 0.6 is 0 Å². The number of Topliss-reactive ketones (excluding diaryl/α,β-unsaturated/α-hetero) is 1. The average molecular weight is 355 g/mol. The van der Waals surface area contributed by atoms with Crippen LogP contribution in [0.3, 0.4) is 0 Å². The van der Waals surface area contributed by atoms with E-state index >= 15 is 0 Å². The van der Waals surface area contributed by atoms with E-state index in [1.165, 1.54) is 12.8 Å². The molecular formula is C14H30INO. The van der Waals surface area contributed by atoms with Crippen molar-refractivity contribution in [3.05, 3.63) is 0 Å². The summed E-state index contributed by atoms with van der Waals surface area (Å²) in [4.78, 5) is 11.9. The monoisotopic (exact) mass is 355 g/mol. The molecule has 3 heteroatoms. The molecule has 17 heavy (non-hydrogen) atoms. The molecule has 0 aromatic rings. The molecular weight excluding hydrogens is 325 g/mol. The van der Waals surface area contributed by atoms with Gasteiger partial charge in [-0.25, -0.2) is 0 Å². The maximum Gasteiger partial charge on any atom is 0.192 e. The Labute approximate surface area is 124 Å². The topological polar surface area (TPSA) is 44.7 Å². The molecule has 0 saturated carbocycles. The fraction of sp³-hybridized carbons (Fsp3) is 0.929. The Morgan fingerprint density at radius 3 is 1.82 bits per heavy atom. The highest BCUT2D eigenvalue weighted by molar-refractivity contribution is 5.84. The molecule has 0 fully saturated rings. The van der Waals surface area contributed by atoms with Gasteiger partial charge in [0.1, 0.15) is 6.04 Å². The lowest BCUT2D eigenvalue weighted by atomic mass is 9.78. The summed E-state index contributed by atoms with van der Waals surface area (Å²) < 4.78 is 0. The zero-order chi connectivity index (χ0) is 12.9. The lowest BCUT2D eigenvalue weighted by Gasteiger charge is -2.26. The van der Waals surface area contributed by atoms with Crippen LogP contribution in [-0.4, -0.2) is 11.8 Å². The quantitative estimate of drug-likeness (QED) is 0.617. The van der Waals surface area contributed by atoms with E-state index in [2.05, 4.69) is 40.4 Å². The average Bonchev–Trinajstić information content (AvgIpc) is 2.22. The van der Waals surface area contributed by atoms with Crippen LogP contribution < -0.4 is 29.7 Å². The summed E-state index contributed by atoms with van der Waals surface area (Å²) in [5, 5.41) is 0. The minimum Gasteiger partial charge on any atom is -1.00 e. The Balaban J connectivity index is 0. The second-order valence-corrected chi connectivity index (χ2v) is 5.90. The summed E-state index contributed by atoms with van der Waals surface area (Å²) in [5.41, 5.74) is 3.83. The van der Waals surface area contributed by atoms with E-state index in [-0.39, 0.29) is 35.9 Å². The highest BCUT2D eigenvalue weighted by Crippen LogP contribution is 2.26. The SMILES string of the molecule is CC(C)CCC(C)C(C)C(C)C(=O)C(C)[NH3+].[I-]. The molecule has 3 N–H and O–H groups in total. The Bertz CT molecular complexity index is 216. The first-order chi connectivity index (χ1) is 7.27. The van der Waals surface area contributed by atoms with Crippen LogP contribution in [0.5, 0.6) is 0 Å². The van der Waals surface area contributed by atoms with Crippen LogP contribution in [0.4, 0.5) is 0 Å². The van der Waals surface area contributed by atoms with Crippen molar-refractivity contribution in [2.75, 3.05) is 0 Å². The summed E-state index contributed by atoms with van der Waals surface area (Å²) in [6.07, 6.45) is 2.48. The molecule has 0 aliphatic heterocycles. The minimum absolute atomic E-state index is 0. The van der Waals surface area contributed by atoms with Gasteiger partial charge in [-0.15, -0.1) is 0 Å². The van der Waals surface area contributed by atoms with E-state index in [1.54, 1.807) is 0 Å². The summed E-state index contributed by atoms with van der Waals surface area (Å²) in [6.45, 7) is 12.9. The van der Waals surface area contributed by atoms with Gasteiger partial charge >= 0.3 is 0 Å². The van der Waals surface area contributed by atoms with Crippen LogP contribution in [0.2, 0.25) is 0 Å². The zero-order valence-corrected chi connectivity index (χ0v) is 14.5. The van der Waals surface area contributed by atoms with E-state index in [1.807, 2.05) is 6.92 Å². The van der Waals surface area contributed by atoms with Gasteiger partial charge in [0, 0.05) is 5.92 Å². The third-order valence-corrected chi connectivity index (χ3v) is 3.82. The molecule has 0 saturated heterocycles. The van der Waals surface area contributed by atoms with Crippen LogP contribution in [0, 0.1) is 23.7 Å². The van der Waals surface area contributed by atoms with Gasteiger partial charge in [-0.3, -0.25) is 4.79 Å². The van der Waals surface area contributed by atoms with Crippen molar-refractivity contribution in [3.8, 4) is 0 Å². The van der Waals surface area contributed by atoms with Crippen molar-refractivity contribution >= 4 is 5.78 Å². The van der Waals surface area contributed by atoms with E-state index in [4.69, 9.17) is 0 Å². The molecule has 4 unspecified atom stereocenters.